The van der Waals surface area contributed by atoms with Crippen LogP contribution < -0.4 is 0 Å². The van der Waals surface area contributed by atoms with Crippen molar-refractivity contribution in [2.75, 3.05) is 13.2 Å². The van der Waals surface area contributed by atoms with Gasteiger partial charge in [-0.15, -0.1) is 0 Å². The normalized spacial score (nSPS) is 21.7. The molecule has 0 radical (unpaired) electrons. The van der Waals surface area contributed by atoms with Crippen LogP contribution in [-0.2, 0) is 30.1 Å². The van der Waals surface area contributed by atoms with Gasteiger partial charge in [0.1, 0.15) is 0 Å². The van der Waals surface area contributed by atoms with Crippen LogP contribution in [0.2, 0.25) is 18.1 Å². The van der Waals surface area contributed by atoms with Crippen LogP contribution in [0.1, 0.15) is 60.5 Å². The van der Waals surface area contributed by atoms with Crippen LogP contribution in [0.3, 0.4) is 0 Å². The van der Waals surface area contributed by atoms with Crippen LogP contribution in [0, 0.1) is 17.3 Å². The minimum atomic E-state index is -2.09. The van der Waals surface area contributed by atoms with Gasteiger partial charge < -0.3 is 13.9 Å². The number of hydrogen-bond acceptors (Lipinski definition) is 5. The van der Waals surface area contributed by atoms with E-state index in [1.807, 2.05) is 37.3 Å². The molecule has 5 nitrogen and oxygen atoms in total. The smallest absolute Gasteiger partial charge is 0.306 e. The second kappa shape index (κ2) is 11.3. The Kier molecular flexibility index (Phi) is 9.48. The molecule has 0 heterocycles. The Balaban J connectivity index is 2.38. The molecule has 0 fully saturated rings. The number of ether oxygens (including phenoxy) is 2. The summed E-state index contributed by atoms with van der Waals surface area (Å²) < 4.78 is 18.3. The highest BCUT2D eigenvalue weighted by Gasteiger charge is 2.49. The van der Waals surface area contributed by atoms with E-state index in [0.29, 0.717) is 19.8 Å². The van der Waals surface area contributed by atoms with Gasteiger partial charge in [0.25, 0.3) is 0 Å². The first-order valence-corrected chi connectivity index (χ1v) is 15.3. The van der Waals surface area contributed by atoms with Crippen molar-refractivity contribution in [3.8, 4) is 0 Å². The molecule has 0 aliphatic heterocycles. The fourth-order valence-corrected chi connectivity index (χ4v) is 5.77. The molecule has 1 aliphatic carbocycles. The molecule has 0 saturated carbocycles. The fraction of sp³-hybridized carbons (Fsp3) is 0.643. The topological polar surface area (TPSA) is 61.8 Å². The van der Waals surface area contributed by atoms with Crippen LogP contribution in [0.5, 0.6) is 0 Å². The summed E-state index contributed by atoms with van der Waals surface area (Å²) in [5.74, 6) is -0.709. The molecule has 0 bridgehead atoms. The van der Waals surface area contributed by atoms with E-state index < -0.39 is 13.7 Å². The van der Waals surface area contributed by atoms with Gasteiger partial charge in [-0.25, -0.2) is 0 Å². The Bertz CT molecular complexity index is 871. The first-order valence-electron chi connectivity index (χ1n) is 12.4. The summed E-state index contributed by atoms with van der Waals surface area (Å²) in [7, 11) is -2.09. The molecule has 0 N–H and O–H groups in total. The van der Waals surface area contributed by atoms with E-state index in [1.54, 1.807) is 13.0 Å². The number of carbonyl (C=O) groups is 2. The van der Waals surface area contributed by atoms with Crippen molar-refractivity contribution in [2.24, 2.45) is 17.3 Å². The molecule has 1 aliphatic rings. The van der Waals surface area contributed by atoms with E-state index in [9.17, 15) is 9.59 Å². The maximum Gasteiger partial charge on any atom is 0.306 e. The van der Waals surface area contributed by atoms with Gasteiger partial charge in [-0.05, 0) is 43.6 Å². The minimum Gasteiger partial charge on any atom is -0.466 e. The third kappa shape index (κ3) is 6.67. The standard InChI is InChI=1S/C28H44O5Si/c1-10-32-26(30)16-23-20(2)25(29)17-24(23)28(7,19-31-18-22-14-12-11-13-15-22)21(3)33-34(8,9)27(4,5)6/h11-15,17,20-21,23H,10,16,18-19H2,1-9H3/t20-,21-,23-,28+/m0/s1. The first-order chi connectivity index (χ1) is 15.7. The van der Waals surface area contributed by atoms with E-state index in [1.165, 1.54) is 0 Å². The van der Waals surface area contributed by atoms with Gasteiger partial charge in [-0.1, -0.05) is 70.5 Å². The average molecular weight is 489 g/mol. The van der Waals surface area contributed by atoms with E-state index in [4.69, 9.17) is 13.9 Å². The zero-order chi connectivity index (χ0) is 25.7. The highest BCUT2D eigenvalue weighted by Crippen LogP contribution is 2.48. The molecule has 0 aromatic heterocycles. The second-order valence-corrected chi connectivity index (χ2v) is 16.1. The van der Waals surface area contributed by atoms with Gasteiger partial charge in [-0.3, -0.25) is 9.59 Å². The lowest BCUT2D eigenvalue weighted by Crippen LogP contribution is -2.50. The zero-order valence-electron chi connectivity index (χ0n) is 22.6. The quantitative estimate of drug-likeness (QED) is 0.269. The summed E-state index contributed by atoms with van der Waals surface area (Å²) in [6, 6.07) is 10.1. The number of rotatable bonds is 11. The Morgan fingerprint density at radius 2 is 1.74 bits per heavy atom. The molecule has 2 rings (SSSR count). The molecule has 0 unspecified atom stereocenters. The molecule has 0 spiro atoms. The van der Waals surface area contributed by atoms with Gasteiger partial charge in [0.15, 0.2) is 14.1 Å². The maximum absolute atomic E-state index is 12.8. The number of allylic oxidation sites excluding steroid dienone is 1. The van der Waals surface area contributed by atoms with Crippen molar-refractivity contribution < 1.29 is 23.5 Å². The summed E-state index contributed by atoms with van der Waals surface area (Å²) in [4.78, 5) is 25.3. The molecular formula is C28H44O5Si. The molecular weight excluding hydrogens is 444 g/mol. The SMILES string of the molecule is CCOC(=O)C[C@@H]1C([C@](C)(COCc2ccccc2)[C@H](C)O[Si](C)(C)C(C)(C)C)=CC(=O)[C@H]1C. The minimum absolute atomic E-state index is 0.0462. The van der Waals surface area contributed by atoms with Crippen LogP contribution in [0.4, 0.5) is 0 Å². The van der Waals surface area contributed by atoms with Crippen molar-refractivity contribution in [1.82, 2.24) is 0 Å². The van der Waals surface area contributed by atoms with Crippen molar-refractivity contribution >= 4 is 20.1 Å². The van der Waals surface area contributed by atoms with Crippen LogP contribution in [0.25, 0.3) is 0 Å². The van der Waals surface area contributed by atoms with Gasteiger partial charge in [-0.2, -0.15) is 0 Å². The Morgan fingerprint density at radius 3 is 2.29 bits per heavy atom. The number of ketones is 1. The molecule has 0 saturated heterocycles. The van der Waals surface area contributed by atoms with Gasteiger partial charge in [0.2, 0.25) is 0 Å². The Hall–Kier alpha value is -1.76. The summed E-state index contributed by atoms with van der Waals surface area (Å²) in [6.45, 7) is 20.2. The summed E-state index contributed by atoms with van der Waals surface area (Å²) in [5, 5.41) is 0.0462. The molecule has 34 heavy (non-hydrogen) atoms. The van der Waals surface area contributed by atoms with Crippen molar-refractivity contribution in [1.29, 1.82) is 0 Å². The zero-order valence-corrected chi connectivity index (χ0v) is 23.6. The fourth-order valence-electron chi connectivity index (χ4n) is 4.27. The van der Waals surface area contributed by atoms with Gasteiger partial charge >= 0.3 is 5.97 Å². The predicted octanol–water partition coefficient (Wildman–Crippen LogP) is 6.33. The third-order valence-electron chi connectivity index (χ3n) is 7.79. The maximum atomic E-state index is 12.8. The number of esters is 1. The number of carbonyl (C=O) groups excluding carboxylic acids is 2. The van der Waals surface area contributed by atoms with Crippen LogP contribution in [-0.4, -0.2) is 39.4 Å². The van der Waals surface area contributed by atoms with Gasteiger partial charge in [0.05, 0.1) is 32.3 Å². The largest absolute Gasteiger partial charge is 0.466 e. The molecule has 6 heteroatoms. The molecule has 1 aromatic rings. The highest BCUT2D eigenvalue weighted by molar-refractivity contribution is 6.74. The van der Waals surface area contributed by atoms with Gasteiger partial charge in [0, 0.05) is 17.3 Å². The third-order valence-corrected chi connectivity index (χ3v) is 12.3. The average Bonchev–Trinajstić information content (AvgIpc) is 3.02. The van der Waals surface area contributed by atoms with Crippen molar-refractivity contribution in [3.63, 3.8) is 0 Å². The molecule has 190 valence electrons. The lowest BCUT2D eigenvalue weighted by Gasteiger charge is -2.46. The highest BCUT2D eigenvalue weighted by atomic mass is 28.4. The molecule has 0 amide bonds. The lowest BCUT2D eigenvalue weighted by molar-refractivity contribution is -0.144. The van der Waals surface area contributed by atoms with E-state index in [0.717, 1.165) is 11.1 Å². The Labute approximate surface area is 207 Å². The van der Waals surface area contributed by atoms with Crippen LogP contribution >= 0.6 is 0 Å². The first kappa shape index (κ1) is 28.5. The monoisotopic (exact) mass is 488 g/mol. The van der Waals surface area contributed by atoms with E-state index >= 15 is 0 Å². The van der Waals surface area contributed by atoms with Crippen molar-refractivity contribution in [3.05, 3.63) is 47.5 Å². The summed E-state index contributed by atoms with van der Waals surface area (Å²) in [6.07, 6.45) is 1.73. The number of hydrogen-bond donors (Lipinski definition) is 0. The Morgan fingerprint density at radius 1 is 1.12 bits per heavy atom. The molecule has 1 aromatic carbocycles. The van der Waals surface area contributed by atoms with E-state index in [2.05, 4.69) is 47.7 Å². The number of benzene rings is 1. The lowest BCUT2D eigenvalue weighted by atomic mass is 9.71. The summed E-state index contributed by atoms with van der Waals surface area (Å²) >= 11 is 0. The predicted molar refractivity (Wildman–Crippen MR) is 139 cm³/mol. The van der Waals surface area contributed by atoms with E-state index in [-0.39, 0.29) is 41.2 Å². The molecule has 4 atom stereocenters. The van der Waals surface area contributed by atoms with Crippen LogP contribution in [0.15, 0.2) is 42.0 Å². The summed E-state index contributed by atoms with van der Waals surface area (Å²) in [5.41, 5.74) is 1.47. The van der Waals surface area contributed by atoms with Crippen molar-refractivity contribution in [2.45, 2.75) is 85.7 Å². The second-order valence-electron chi connectivity index (χ2n) is 11.3.